The topological polar surface area (TPSA) is 61.7 Å². The van der Waals surface area contributed by atoms with Gasteiger partial charge in [-0.3, -0.25) is 0 Å². The highest BCUT2D eigenvalue weighted by molar-refractivity contribution is 5.40. The van der Waals surface area contributed by atoms with Crippen molar-refractivity contribution in [2.24, 2.45) is 5.18 Å². The third-order valence-electron chi connectivity index (χ3n) is 1.76. The molecular weight excluding hydrogens is 168 g/mol. The summed E-state index contributed by atoms with van der Waals surface area (Å²) in [6.07, 6.45) is -0.591. The van der Waals surface area contributed by atoms with Crippen molar-refractivity contribution in [1.82, 2.24) is 5.32 Å². The van der Waals surface area contributed by atoms with Crippen LogP contribution in [-0.4, -0.2) is 18.7 Å². The first kappa shape index (κ1) is 9.83. The van der Waals surface area contributed by atoms with Gasteiger partial charge in [0.1, 0.15) is 5.69 Å². The summed E-state index contributed by atoms with van der Waals surface area (Å²) in [4.78, 5) is 10.2. The van der Waals surface area contributed by atoms with E-state index < -0.39 is 6.10 Å². The van der Waals surface area contributed by atoms with Crippen molar-refractivity contribution in [2.75, 3.05) is 13.6 Å². The molecule has 4 heteroatoms. The minimum Gasteiger partial charge on any atom is -0.387 e. The maximum atomic E-state index is 10.2. The summed E-state index contributed by atoms with van der Waals surface area (Å²) >= 11 is 0. The lowest BCUT2D eigenvalue weighted by Crippen LogP contribution is -2.16. The predicted octanol–water partition coefficient (Wildman–Crippen LogP) is 1.34. The van der Waals surface area contributed by atoms with Crippen LogP contribution in [0.5, 0.6) is 0 Å². The number of aliphatic hydroxyl groups is 1. The van der Waals surface area contributed by atoms with Gasteiger partial charge in [-0.05, 0) is 29.9 Å². The summed E-state index contributed by atoms with van der Waals surface area (Å²) in [6.45, 7) is 0.461. The fourth-order valence-electron chi connectivity index (χ4n) is 1.10. The van der Waals surface area contributed by atoms with Gasteiger partial charge in [-0.1, -0.05) is 12.1 Å². The summed E-state index contributed by atoms with van der Waals surface area (Å²) in [5, 5.41) is 15.2. The standard InChI is InChI=1S/C9H12N2O2/c1-10-6-9(12)7-3-2-4-8(5-7)11-13/h2-5,9-10,12H,6H2,1H3. The van der Waals surface area contributed by atoms with Gasteiger partial charge in [0.25, 0.3) is 0 Å². The number of likely N-dealkylation sites (N-methyl/N-ethyl adjacent to an activating group) is 1. The van der Waals surface area contributed by atoms with E-state index >= 15 is 0 Å². The fourth-order valence-corrected chi connectivity index (χ4v) is 1.10. The van der Waals surface area contributed by atoms with E-state index in [0.717, 1.165) is 0 Å². The van der Waals surface area contributed by atoms with Crippen LogP contribution in [0.1, 0.15) is 11.7 Å². The second kappa shape index (κ2) is 4.69. The Morgan fingerprint density at radius 3 is 3.00 bits per heavy atom. The maximum absolute atomic E-state index is 10.2. The average molecular weight is 180 g/mol. The van der Waals surface area contributed by atoms with Crippen LogP contribution in [-0.2, 0) is 0 Å². The Hall–Kier alpha value is -1.26. The number of nitroso groups, excluding NO2 is 1. The molecule has 0 heterocycles. The molecule has 4 nitrogen and oxygen atoms in total. The molecule has 0 saturated heterocycles. The van der Waals surface area contributed by atoms with Crippen molar-refractivity contribution in [3.05, 3.63) is 34.7 Å². The van der Waals surface area contributed by atoms with Gasteiger partial charge in [0.2, 0.25) is 0 Å². The number of hydrogen-bond acceptors (Lipinski definition) is 4. The van der Waals surface area contributed by atoms with Crippen molar-refractivity contribution >= 4 is 5.69 Å². The Morgan fingerprint density at radius 1 is 1.62 bits per heavy atom. The zero-order valence-corrected chi connectivity index (χ0v) is 7.40. The SMILES string of the molecule is CNCC(O)c1cccc(N=O)c1. The number of benzene rings is 1. The van der Waals surface area contributed by atoms with Crippen LogP contribution in [0.15, 0.2) is 29.4 Å². The third kappa shape index (κ3) is 2.61. The number of hydrogen-bond donors (Lipinski definition) is 2. The predicted molar refractivity (Wildman–Crippen MR) is 50.8 cm³/mol. The molecule has 0 spiro atoms. The van der Waals surface area contributed by atoms with Crippen LogP contribution in [0.3, 0.4) is 0 Å². The van der Waals surface area contributed by atoms with E-state index in [1.165, 1.54) is 0 Å². The van der Waals surface area contributed by atoms with Gasteiger partial charge in [-0.15, -0.1) is 4.91 Å². The average Bonchev–Trinajstić information content (AvgIpc) is 2.18. The lowest BCUT2D eigenvalue weighted by Gasteiger charge is -2.09. The second-order valence-electron chi connectivity index (χ2n) is 2.76. The smallest absolute Gasteiger partial charge is 0.108 e. The number of nitrogens with zero attached hydrogens (tertiary/aromatic N) is 1. The highest BCUT2D eigenvalue weighted by atomic mass is 16.3. The fraction of sp³-hybridized carbons (Fsp3) is 0.333. The van der Waals surface area contributed by atoms with Crippen LogP contribution in [0.4, 0.5) is 5.69 Å². The monoisotopic (exact) mass is 180 g/mol. The first-order valence-electron chi connectivity index (χ1n) is 4.04. The Labute approximate surface area is 76.6 Å². The molecule has 0 bridgehead atoms. The number of rotatable bonds is 4. The normalized spacial score (nSPS) is 12.5. The zero-order valence-electron chi connectivity index (χ0n) is 7.40. The van der Waals surface area contributed by atoms with Gasteiger partial charge >= 0.3 is 0 Å². The number of aliphatic hydroxyl groups excluding tert-OH is 1. The molecule has 0 fully saturated rings. The molecule has 70 valence electrons. The Morgan fingerprint density at radius 2 is 2.38 bits per heavy atom. The largest absolute Gasteiger partial charge is 0.387 e. The van der Waals surface area contributed by atoms with E-state index in [-0.39, 0.29) is 0 Å². The minimum absolute atomic E-state index is 0.340. The molecule has 0 aliphatic rings. The van der Waals surface area contributed by atoms with Gasteiger partial charge in [0, 0.05) is 6.54 Å². The van der Waals surface area contributed by atoms with Gasteiger partial charge in [-0.25, -0.2) is 0 Å². The molecule has 0 aliphatic carbocycles. The van der Waals surface area contributed by atoms with Crippen molar-refractivity contribution in [3.63, 3.8) is 0 Å². The van der Waals surface area contributed by atoms with Crippen molar-refractivity contribution in [2.45, 2.75) is 6.10 Å². The van der Waals surface area contributed by atoms with E-state index in [9.17, 15) is 10.0 Å². The van der Waals surface area contributed by atoms with Gasteiger partial charge in [0.15, 0.2) is 0 Å². The molecule has 1 unspecified atom stereocenters. The molecule has 0 aliphatic heterocycles. The van der Waals surface area contributed by atoms with E-state index in [1.807, 2.05) is 0 Å². The van der Waals surface area contributed by atoms with E-state index in [1.54, 1.807) is 31.3 Å². The molecule has 0 aromatic heterocycles. The second-order valence-corrected chi connectivity index (χ2v) is 2.76. The van der Waals surface area contributed by atoms with Crippen LogP contribution in [0.25, 0.3) is 0 Å². The highest BCUT2D eigenvalue weighted by Crippen LogP contribution is 2.18. The molecule has 13 heavy (non-hydrogen) atoms. The van der Waals surface area contributed by atoms with Crippen LogP contribution in [0.2, 0.25) is 0 Å². The lowest BCUT2D eigenvalue weighted by atomic mass is 10.1. The van der Waals surface area contributed by atoms with E-state index in [0.29, 0.717) is 17.8 Å². The number of nitrogens with one attached hydrogen (secondary N) is 1. The summed E-state index contributed by atoms with van der Waals surface area (Å²) in [6, 6.07) is 6.64. The van der Waals surface area contributed by atoms with E-state index in [2.05, 4.69) is 10.5 Å². The molecule has 1 atom stereocenters. The summed E-state index contributed by atoms with van der Waals surface area (Å²) in [5.41, 5.74) is 1.04. The Bertz CT molecular complexity index is 289. The lowest BCUT2D eigenvalue weighted by molar-refractivity contribution is 0.178. The first-order valence-corrected chi connectivity index (χ1v) is 4.04. The highest BCUT2D eigenvalue weighted by Gasteiger charge is 2.06. The summed E-state index contributed by atoms with van der Waals surface area (Å²) < 4.78 is 0. The van der Waals surface area contributed by atoms with E-state index in [4.69, 9.17) is 0 Å². The summed E-state index contributed by atoms with van der Waals surface area (Å²) in [5.74, 6) is 0. The maximum Gasteiger partial charge on any atom is 0.108 e. The molecule has 1 aromatic rings. The van der Waals surface area contributed by atoms with Crippen LogP contribution >= 0.6 is 0 Å². The molecular formula is C9H12N2O2. The molecule has 0 saturated carbocycles. The van der Waals surface area contributed by atoms with Gasteiger partial charge in [-0.2, -0.15) is 0 Å². The van der Waals surface area contributed by atoms with Crippen LogP contribution in [0, 0.1) is 4.91 Å². The zero-order chi connectivity index (χ0) is 9.68. The van der Waals surface area contributed by atoms with Crippen LogP contribution < -0.4 is 5.32 Å². The van der Waals surface area contributed by atoms with Crippen molar-refractivity contribution in [3.8, 4) is 0 Å². The first-order chi connectivity index (χ1) is 6.27. The molecule has 1 rings (SSSR count). The quantitative estimate of drug-likeness (QED) is 0.687. The van der Waals surface area contributed by atoms with Gasteiger partial charge < -0.3 is 10.4 Å². The Kier molecular flexibility index (Phi) is 3.54. The molecule has 2 N–H and O–H groups in total. The summed E-state index contributed by atoms with van der Waals surface area (Å²) in [7, 11) is 1.76. The van der Waals surface area contributed by atoms with Crippen molar-refractivity contribution in [1.29, 1.82) is 0 Å². The molecule has 0 amide bonds. The Balaban J connectivity index is 2.81. The molecule has 0 radical (unpaired) electrons. The van der Waals surface area contributed by atoms with Gasteiger partial charge in [0.05, 0.1) is 6.10 Å². The minimum atomic E-state index is -0.591. The van der Waals surface area contributed by atoms with Crippen molar-refractivity contribution < 1.29 is 5.11 Å². The molecule has 1 aromatic carbocycles. The third-order valence-corrected chi connectivity index (χ3v) is 1.76.